The topological polar surface area (TPSA) is 72.5 Å². The highest BCUT2D eigenvalue weighted by molar-refractivity contribution is 5.80. The van der Waals surface area contributed by atoms with Crippen LogP contribution in [0.25, 0.3) is 0 Å². The third kappa shape index (κ3) is 4.85. The molecule has 3 rings (SSSR count). The zero-order chi connectivity index (χ0) is 18.4. The number of aliphatic imine (C=N–C) groups is 1. The quantitative estimate of drug-likeness (QED) is 0.622. The van der Waals surface area contributed by atoms with Gasteiger partial charge >= 0.3 is 0 Å². The first-order valence-corrected chi connectivity index (χ1v) is 9.26. The second kappa shape index (κ2) is 8.84. The van der Waals surface area contributed by atoms with E-state index in [1.54, 1.807) is 0 Å². The first-order chi connectivity index (χ1) is 12.7. The average molecular weight is 359 g/mol. The summed E-state index contributed by atoms with van der Waals surface area (Å²) in [4.78, 5) is 7.15. The van der Waals surface area contributed by atoms with Crippen LogP contribution in [-0.4, -0.2) is 63.2 Å². The summed E-state index contributed by atoms with van der Waals surface area (Å²) in [6, 6.07) is 1.95. The molecule has 0 aromatic carbocycles. The minimum Gasteiger partial charge on any atom is -0.370 e. The minimum absolute atomic E-state index is 0.0304. The van der Waals surface area contributed by atoms with Crippen LogP contribution in [0.3, 0.4) is 0 Å². The molecule has 1 aliphatic rings. The van der Waals surface area contributed by atoms with Gasteiger partial charge in [0.25, 0.3) is 0 Å². The summed E-state index contributed by atoms with van der Waals surface area (Å²) >= 11 is 0. The molecule has 142 valence electrons. The Balaban J connectivity index is 1.62. The molecule has 0 bridgehead atoms. The lowest BCUT2D eigenvalue weighted by molar-refractivity contribution is -0.00806. The normalized spacial score (nSPS) is 19.6. The van der Waals surface area contributed by atoms with E-state index in [1.807, 2.05) is 47.3 Å². The van der Waals surface area contributed by atoms with Crippen LogP contribution in [0, 0.1) is 5.92 Å². The van der Waals surface area contributed by atoms with E-state index in [-0.39, 0.29) is 6.10 Å². The van der Waals surface area contributed by atoms with E-state index in [4.69, 9.17) is 9.73 Å². The van der Waals surface area contributed by atoms with Crippen LogP contribution in [0.1, 0.15) is 25.5 Å². The SMILES string of the molecule is CCNC(=NCC(C)Cn1cccn1)N1CCOC(c2cnn(C)c2)C1. The van der Waals surface area contributed by atoms with Crippen LogP contribution in [-0.2, 0) is 18.3 Å². The Morgan fingerprint density at radius 2 is 2.35 bits per heavy atom. The molecule has 1 N–H and O–H groups in total. The zero-order valence-electron chi connectivity index (χ0n) is 15.9. The molecule has 0 radical (unpaired) electrons. The van der Waals surface area contributed by atoms with Crippen LogP contribution >= 0.6 is 0 Å². The Hall–Kier alpha value is -2.35. The fourth-order valence-corrected chi connectivity index (χ4v) is 3.10. The predicted molar refractivity (Wildman–Crippen MR) is 101 cm³/mol. The van der Waals surface area contributed by atoms with Gasteiger partial charge < -0.3 is 15.0 Å². The number of hydrogen-bond donors (Lipinski definition) is 1. The highest BCUT2D eigenvalue weighted by atomic mass is 16.5. The number of nitrogens with zero attached hydrogens (tertiary/aromatic N) is 6. The summed E-state index contributed by atoms with van der Waals surface area (Å²) in [6.07, 6.45) is 7.73. The van der Waals surface area contributed by atoms with Crippen LogP contribution in [0.15, 0.2) is 35.8 Å². The Morgan fingerprint density at radius 3 is 3.04 bits per heavy atom. The largest absolute Gasteiger partial charge is 0.370 e. The lowest BCUT2D eigenvalue weighted by atomic mass is 10.1. The van der Waals surface area contributed by atoms with Crippen molar-refractivity contribution < 1.29 is 4.74 Å². The number of hydrogen-bond acceptors (Lipinski definition) is 4. The summed E-state index contributed by atoms with van der Waals surface area (Å²) < 4.78 is 9.71. The number of morpholine rings is 1. The standard InChI is InChI=1S/C18H29N7O/c1-4-19-18(20-10-15(2)12-25-7-5-6-21-25)24-8-9-26-17(14-24)16-11-22-23(3)13-16/h5-7,11,13,15,17H,4,8-10,12,14H2,1-3H3,(H,19,20). The van der Waals surface area contributed by atoms with Gasteiger partial charge in [-0.25, -0.2) is 0 Å². The molecule has 2 aromatic heterocycles. The average Bonchev–Trinajstić information content (AvgIpc) is 3.30. The lowest BCUT2D eigenvalue weighted by Gasteiger charge is -2.35. The molecule has 2 unspecified atom stereocenters. The second-order valence-corrected chi connectivity index (χ2v) is 6.78. The van der Waals surface area contributed by atoms with Crippen molar-refractivity contribution in [3.05, 3.63) is 36.4 Å². The third-order valence-corrected chi connectivity index (χ3v) is 4.41. The molecular formula is C18H29N7O. The lowest BCUT2D eigenvalue weighted by Crippen LogP contribution is -2.48. The number of guanidine groups is 1. The van der Waals surface area contributed by atoms with Crippen molar-refractivity contribution in [3.8, 4) is 0 Å². The van der Waals surface area contributed by atoms with Gasteiger partial charge in [-0.05, 0) is 18.9 Å². The van der Waals surface area contributed by atoms with E-state index in [0.29, 0.717) is 12.5 Å². The summed E-state index contributed by atoms with van der Waals surface area (Å²) in [5.74, 6) is 1.37. The molecule has 1 aliphatic heterocycles. The molecule has 8 nitrogen and oxygen atoms in total. The summed E-state index contributed by atoms with van der Waals surface area (Å²) in [5.41, 5.74) is 1.11. The molecule has 8 heteroatoms. The number of aromatic nitrogens is 4. The smallest absolute Gasteiger partial charge is 0.194 e. The van der Waals surface area contributed by atoms with E-state index in [1.165, 1.54) is 0 Å². The van der Waals surface area contributed by atoms with E-state index in [0.717, 1.165) is 44.2 Å². The molecule has 1 fully saturated rings. The van der Waals surface area contributed by atoms with Gasteiger partial charge in [0.1, 0.15) is 6.10 Å². The van der Waals surface area contributed by atoms with Crippen LogP contribution in [0.4, 0.5) is 0 Å². The van der Waals surface area contributed by atoms with Crippen molar-refractivity contribution >= 4 is 5.96 Å². The van der Waals surface area contributed by atoms with Crippen molar-refractivity contribution in [1.82, 2.24) is 29.8 Å². The van der Waals surface area contributed by atoms with E-state index >= 15 is 0 Å². The van der Waals surface area contributed by atoms with E-state index < -0.39 is 0 Å². The molecule has 0 aliphatic carbocycles. The third-order valence-electron chi connectivity index (χ3n) is 4.41. The van der Waals surface area contributed by atoms with Crippen molar-refractivity contribution in [2.45, 2.75) is 26.5 Å². The molecule has 2 aromatic rings. The maximum Gasteiger partial charge on any atom is 0.194 e. The number of nitrogens with one attached hydrogen (secondary N) is 1. The fourth-order valence-electron chi connectivity index (χ4n) is 3.10. The molecular weight excluding hydrogens is 330 g/mol. The first kappa shape index (κ1) is 18.4. The van der Waals surface area contributed by atoms with Gasteiger partial charge in [-0.2, -0.15) is 10.2 Å². The summed E-state index contributed by atoms with van der Waals surface area (Å²) in [5, 5.41) is 12.0. The highest BCUT2D eigenvalue weighted by Gasteiger charge is 2.25. The van der Waals surface area contributed by atoms with Crippen LogP contribution < -0.4 is 5.32 Å². The maximum atomic E-state index is 5.94. The van der Waals surface area contributed by atoms with Crippen molar-refractivity contribution in [1.29, 1.82) is 0 Å². The Morgan fingerprint density at radius 1 is 1.46 bits per heavy atom. The molecule has 0 amide bonds. The molecule has 2 atom stereocenters. The van der Waals surface area contributed by atoms with Gasteiger partial charge in [0.2, 0.25) is 0 Å². The van der Waals surface area contributed by atoms with Gasteiger partial charge in [0.15, 0.2) is 5.96 Å². The zero-order valence-corrected chi connectivity index (χ0v) is 15.9. The molecule has 0 spiro atoms. The van der Waals surface area contributed by atoms with Crippen LogP contribution in [0.2, 0.25) is 0 Å². The summed E-state index contributed by atoms with van der Waals surface area (Å²) in [7, 11) is 1.93. The molecule has 26 heavy (non-hydrogen) atoms. The molecule has 3 heterocycles. The van der Waals surface area contributed by atoms with E-state index in [2.05, 4.69) is 34.3 Å². The summed E-state index contributed by atoms with van der Waals surface area (Å²) in [6.45, 7) is 9.10. The minimum atomic E-state index is 0.0304. The number of ether oxygens (including phenoxy) is 1. The van der Waals surface area contributed by atoms with Crippen molar-refractivity contribution in [3.63, 3.8) is 0 Å². The number of aryl methyl sites for hydroxylation is 1. The van der Waals surface area contributed by atoms with Crippen molar-refractivity contribution in [2.24, 2.45) is 18.0 Å². The fraction of sp³-hybridized carbons (Fsp3) is 0.611. The predicted octanol–water partition coefficient (Wildman–Crippen LogP) is 1.29. The monoisotopic (exact) mass is 359 g/mol. The maximum absolute atomic E-state index is 5.94. The van der Waals surface area contributed by atoms with Gasteiger partial charge in [0.05, 0.1) is 19.3 Å². The Bertz CT molecular complexity index is 694. The van der Waals surface area contributed by atoms with Crippen molar-refractivity contribution in [2.75, 3.05) is 32.8 Å². The van der Waals surface area contributed by atoms with E-state index in [9.17, 15) is 0 Å². The second-order valence-electron chi connectivity index (χ2n) is 6.78. The Labute approximate surface area is 154 Å². The molecule has 0 saturated carbocycles. The van der Waals surface area contributed by atoms with Gasteiger partial charge in [-0.1, -0.05) is 6.92 Å². The van der Waals surface area contributed by atoms with Gasteiger partial charge in [0, 0.05) is 57.4 Å². The van der Waals surface area contributed by atoms with Gasteiger partial charge in [-0.15, -0.1) is 0 Å². The highest BCUT2D eigenvalue weighted by Crippen LogP contribution is 2.21. The Kier molecular flexibility index (Phi) is 6.27. The van der Waals surface area contributed by atoms with Gasteiger partial charge in [-0.3, -0.25) is 14.4 Å². The van der Waals surface area contributed by atoms with Crippen LogP contribution in [0.5, 0.6) is 0 Å². The number of rotatable bonds is 6. The molecule has 1 saturated heterocycles. The first-order valence-electron chi connectivity index (χ1n) is 9.26.